The maximum atomic E-state index is 12.9. The monoisotopic (exact) mass is 371 g/mol. The zero-order chi connectivity index (χ0) is 19.4. The lowest BCUT2D eigenvalue weighted by Crippen LogP contribution is -2.59. The zero-order valence-corrected chi connectivity index (χ0v) is 16.0. The van der Waals surface area contributed by atoms with E-state index < -0.39 is 0 Å². The Morgan fingerprint density at radius 1 is 1.22 bits per heavy atom. The van der Waals surface area contributed by atoms with Crippen molar-refractivity contribution in [3.63, 3.8) is 0 Å². The van der Waals surface area contributed by atoms with E-state index >= 15 is 0 Å². The third-order valence-electron chi connectivity index (χ3n) is 4.87. The summed E-state index contributed by atoms with van der Waals surface area (Å²) in [5.41, 5.74) is 2.42. The Hall–Kier alpha value is -2.60. The molecule has 1 heterocycles. The summed E-state index contributed by atoms with van der Waals surface area (Å²) in [6, 6.07) is 14.2. The molecule has 2 aromatic rings. The third-order valence-corrected chi connectivity index (χ3v) is 4.87. The van der Waals surface area contributed by atoms with Crippen molar-refractivity contribution in [3.8, 4) is 5.75 Å². The number of likely N-dealkylation sites (N-methyl/N-ethyl adjacent to an activating group) is 1. The second kappa shape index (κ2) is 8.39. The van der Waals surface area contributed by atoms with Gasteiger partial charge in [0.15, 0.2) is 0 Å². The normalized spacial score (nSPS) is 15.4. The van der Waals surface area contributed by atoms with Crippen molar-refractivity contribution < 1.29 is 13.9 Å². The lowest BCUT2D eigenvalue weighted by Gasteiger charge is -2.39. The number of rotatable bonds is 6. The van der Waals surface area contributed by atoms with Gasteiger partial charge in [0, 0.05) is 6.54 Å². The average Bonchev–Trinajstić information content (AvgIpc) is 2.60. The number of benzene rings is 2. The topological polar surface area (TPSA) is 44.8 Å². The van der Waals surface area contributed by atoms with Gasteiger partial charge in [0.25, 0.3) is 0 Å². The quantitative estimate of drug-likeness (QED) is 0.848. The van der Waals surface area contributed by atoms with E-state index in [1.54, 1.807) is 17.0 Å². The van der Waals surface area contributed by atoms with Crippen molar-refractivity contribution in [3.05, 3.63) is 65.5 Å². The second-order valence-corrected chi connectivity index (χ2v) is 7.12. The van der Waals surface area contributed by atoms with Gasteiger partial charge in [-0.05, 0) is 56.4 Å². The van der Waals surface area contributed by atoms with Gasteiger partial charge in [-0.3, -0.25) is 0 Å². The second-order valence-electron chi connectivity index (χ2n) is 7.12. The van der Waals surface area contributed by atoms with E-state index in [0.717, 1.165) is 0 Å². The summed E-state index contributed by atoms with van der Waals surface area (Å²) in [5, 5.41) is 3.02. The third kappa shape index (κ3) is 4.77. The van der Waals surface area contributed by atoms with Crippen LogP contribution in [0, 0.1) is 12.7 Å². The molecule has 0 bridgehead atoms. The van der Waals surface area contributed by atoms with Gasteiger partial charge >= 0.3 is 6.03 Å². The SMILES string of the molecule is Cc1ccccc1[C@H](CNC(=O)N1CC(Oc2ccc(F)cc2)C1)N(C)C. The Morgan fingerprint density at radius 2 is 1.89 bits per heavy atom. The highest BCUT2D eigenvalue weighted by Crippen LogP contribution is 2.22. The van der Waals surface area contributed by atoms with Crippen LogP contribution in [0.2, 0.25) is 0 Å². The molecule has 1 aliphatic heterocycles. The first-order valence-corrected chi connectivity index (χ1v) is 9.11. The average molecular weight is 371 g/mol. The van der Waals surface area contributed by atoms with Gasteiger partial charge in [0.1, 0.15) is 17.7 Å². The Morgan fingerprint density at radius 3 is 2.52 bits per heavy atom. The predicted molar refractivity (Wildman–Crippen MR) is 103 cm³/mol. The molecule has 0 unspecified atom stereocenters. The summed E-state index contributed by atoms with van der Waals surface area (Å²) in [7, 11) is 4.03. The molecule has 1 atom stereocenters. The molecule has 1 aliphatic rings. The standard InChI is InChI=1S/C21H26FN3O2/c1-15-6-4-5-7-19(15)20(24(2)3)12-23-21(26)25-13-18(14-25)27-17-10-8-16(22)9-11-17/h4-11,18,20H,12-14H2,1-3H3,(H,23,26)/t20-/m0/s1. The Bertz CT molecular complexity index is 773. The van der Waals surface area contributed by atoms with Crippen LogP contribution in [-0.4, -0.2) is 55.7 Å². The zero-order valence-electron chi connectivity index (χ0n) is 16.0. The van der Waals surface area contributed by atoms with E-state index in [1.165, 1.54) is 23.3 Å². The van der Waals surface area contributed by atoms with Gasteiger partial charge in [-0.2, -0.15) is 0 Å². The highest BCUT2D eigenvalue weighted by molar-refractivity contribution is 5.75. The molecule has 6 heteroatoms. The summed E-state index contributed by atoms with van der Waals surface area (Å²) in [5.74, 6) is 0.328. The molecular formula is C21H26FN3O2. The van der Waals surface area contributed by atoms with Crippen molar-refractivity contribution in [2.24, 2.45) is 0 Å². The van der Waals surface area contributed by atoms with Crippen LogP contribution in [0.1, 0.15) is 17.2 Å². The highest BCUT2D eigenvalue weighted by Gasteiger charge is 2.32. The van der Waals surface area contributed by atoms with E-state index in [4.69, 9.17) is 4.74 Å². The number of nitrogens with zero attached hydrogens (tertiary/aromatic N) is 2. The smallest absolute Gasteiger partial charge is 0.317 e. The summed E-state index contributed by atoms with van der Waals surface area (Å²) >= 11 is 0. The molecule has 0 saturated carbocycles. The van der Waals surface area contributed by atoms with Crippen LogP contribution in [0.5, 0.6) is 5.75 Å². The number of aryl methyl sites for hydroxylation is 1. The number of halogens is 1. The predicted octanol–water partition coefficient (Wildman–Crippen LogP) is 3.21. The molecule has 1 saturated heterocycles. The first-order valence-electron chi connectivity index (χ1n) is 9.11. The number of nitrogens with one attached hydrogen (secondary N) is 1. The van der Waals surface area contributed by atoms with Gasteiger partial charge in [-0.1, -0.05) is 24.3 Å². The number of amides is 2. The van der Waals surface area contributed by atoms with Crippen LogP contribution in [0.3, 0.4) is 0 Å². The van der Waals surface area contributed by atoms with Gasteiger partial charge in [-0.15, -0.1) is 0 Å². The Labute approximate surface area is 159 Å². The molecule has 5 nitrogen and oxygen atoms in total. The fraction of sp³-hybridized carbons (Fsp3) is 0.381. The summed E-state index contributed by atoms with van der Waals surface area (Å²) in [6.07, 6.45) is -0.0535. The number of hydrogen-bond acceptors (Lipinski definition) is 3. The highest BCUT2D eigenvalue weighted by atomic mass is 19.1. The Kier molecular flexibility index (Phi) is 5.96. The summed E-state index contributed by atoms with van der Waals surface area (Å²) < 4.78 is 18.7. The van der Waals surface area contributed by atoms with Crippen LogP contribution in [0.4, 0.5) is 9.18 Å². The van der Waals surface area contributed by atoms with Gasteiger partial charge < -0.3 is 19.9 Å². The largest absolute Gasteiger partial charge is 0.487 e. The lowest BCUT2D eigenvalue weighted by atomic mass is 10.0. The minimum atomic E-state index is -0.291. The fourth-order valence-electron chi connectivity index (χ4n) is 3.21. The molecule has 27 heavy (non-hydrogen) atoms. The molecule has 1 N–H and O–H groups in total. The molecule has 2 aromatic carbocycles. The van der Waals surface area contributed by atoms with Crippen LogP contribution in [-0.2, 0) is 0 Å². The summed E-state index contributed by atoms with van der Waals surface area (Å²) in [4.78, 5) is 16.2. The number of hydrogen-bond donors (Lipinski definition) is 1. The molecule has 0 aromatic heterocycles. The molecule has 1 fully saturated rings. The molecule has 0 aliphatic carbocycles. The fourth-order valence-corrected chi connectivity index (χ4v) is 3.21. The van der Waals surface area contributed by atoms with Crippen LogP contribution < -0.4 is 10.1 Å². The number of ether oxygens (including phenoxy) is 1. The van der Waals surface area contributed by atoms with Crippen LogP contribution >= 0.6 is 0 Å². The maximum absolute atomic E-state index is 12.9. The molecular weight excluding hydrogens is 345 g/mol. The molecule has 2 amide bonds. The van der Waals surface area contributed by atoms with Gasteiger partial charge in [0.05, 0.1) is 19.1 Å². The molecule has 144 valence electrons. The van der Waals surface area contributed by atoms with Gasteiger partial charge in [-0.25, -0.2) is 9.18 Å². The van der Waals surface area contributed by atoms with Crippen molar-refractivity contribution in [2.45, 2.75) is 19.1 Å². The van der Waals surface area contributed by atoms with E-state index in [9.17, 15) is 9.18 Å². The minimum absolute atomic E-state index is 0.0535. The first-order chi connectivity index (χ1) is 12.9. The van der Waals surface area contributed by atoms with E-state index in [2.05, 4.69) is 29.3 Å². The minimum Gasteiger partial charge on any atom is -0.487 e. The van der Waals surface area contributed by atoms with Gasteiger partial charge in [0.2, 0.25) is 0 Å². The lowest BCUT2D eigenvalue weighted by molar-refractivity contribution is 0.0439. The molecule has 3 rings (SSSR count). The summed E-state index contributed by atoms with van der Waals surface area (Å²) in [6.45, 7) is 3.68. The van der Waals surface area contributed by atoms with Crippen molar-refractivity contribution in [1.82, 2.24) is 15.1 Å². The number of carbonyl (C=O) groups excluding carboxylic acids is 1. The van der Waals surface area contributed by atoms with Crippen molar-refractivity contribution in [2.75, 3.05) is 33.7 Å². The van der Waals surface area contributed by atoms with E-state index in [0.29, 0.717) is 25.4 Å². The van der Waals surface area contributed by atoms with Crippen molar-refractivity contribution in [1.29, 1.82) is 0 Å². The number of carbonyl (C=O) groups is 1. The first kappa shape index (κ1) is 19.2. The maximum Gasteiger partial charge on any atom is 0.317 e. The number of urea groups is 1. The van der Waals surface area contributed by atoms with E-state index in [-0.39, 0.29) is 24.0 Å². The number of likely N-dealkylation sites (tertiary alicyclic amines) is 1. The van der Waals surface area contributed by atoms with E-state index in [1.807, 2.05) is 26.2 Å². The molecule has 0 spiro atoms. The van der Waals surface area contributed by atoms with Crippen molar-refractivity contribution >= 4 is 6.03 Å². The Balaban J connectivity index is 1.48. The molecule has 0 radical (unpaired) electrons. The van der Waals surface area contributed by atoms with Crippen LogP contribution in [0.15, 0.2) is 48.5 Å². The van der Waals surface area contributed by atoms with Crippen LogP contribution in [0.25, 0.3) is 0 Å².